The van der Waals surface area contributed by atoms with Crippen molar-refractivity contribution >= 4 is 11.8 Å². The number of carbonyl (C=O) groups excluding carboxylic acids is 2. The minimum absolute atomic E-state index is 0.115. The van der Waals surface area contributed by atoms with Gasteiger partial charge < -0.3 is 10.6 Å². The maximum atomic E-state index is 13.5. The lowest BCUT2D eigenvalue weighted by atomic mass is 9.98. The van der Waals surface area contributed by atoms with Gasteiger partial charge in [0.05, 0.1) is 5.41 Å². The molecule has 0 radical (unpaired) electrons. The van der Waals surface area contributed by atoms with Gasteiger partial charge in [-0.1, -0.05) is 13.8 Å². The fourth-order valence-corrected chi connectivity index (χ4v) is 4.27. The lowest BCUT2D eigenvalue weighted by Crippen LogP contribution is -2.46. The number of benzene rings is 1. The Balaban J connectivity index is 1.64. The van der Waals surface area contributed by atoms with E-state index in [0.717, 1.165) is 19.3 Å². The van der Waals surface area contributed by atoms with Gasteiger partial charge in [-0.15, -0.1) is 0 Å². The lowest BCUT2D eigenvalue weighted by Gasteiger charge is -2.24. The van der Waals surface area contributed by atoms with Gasteiger partial charge in [-0.2, -0.15) is 0 Å². The monoisotopic (exact) mass is 374 g/mol. The van der Waals surface area contributed by atoms with Gasteiger partial charge >= 0.3 is 0 Å². The van der Waals surface area contributed by atoms with Gasteiger partial charge in [0.25, 0.3) is 5.91 Å². The Labute approximate surface area is 161 Å². The van der Waals surface area contributed by atoms with Crippen molar-refractivity contribution in [2.45, 2.75) is 65.8 Å². The quantitative estimate of drug-likeness (QED) is 0.725. The van der Waals surface area contributed by atoms with Crippen LogP contribution in [0.1, 0.15) is 67.4 Å². The standard InChI is InChI=1S/C22H31FN2O2/c1-13(2)9-18(12-24-21(27)22(7-8-22)16-5-6-16)25-20(26)19-14(3)10-17(23)11-15(19)4/h10-11,13,16,18H,5-9,12H2,1-4H3,(H,24,27)(H,25,26). The van der Waals surface area contributed by atoms with E-state index in [-0.39, 0.29) is 29.1 Å². The molecule has 0 spiro atoms. The fraction of sp³-hybridized carbons (Fsp3) is 0.636. The molecule has 1 atom stereocenters. The first-order valence-corrected chi connectivity index (χ1v) is 10.1. The molecule has 4 nitrogen and oxygen atoms in total. The van der Waals surface area contributed by atoms with E-state index in [0.29, 0.717) is 35.1 Å². The number of aryl methyl sites for hydroxylation is 2. The third-order valence-corrected chi connectivity index (χ3v) is 5.92. The Hall–Kier alpha value is -1.91. The number of carbonyl (C=O) groups is 2. The fourth-order valence-electron chi connectivity index (χ4n) is 4.27. The van der Waals surface area contributed by atoms with Crippen LogP contribution in [-0.2, 0) is 4.79 Å². The van der Waals surface area contributed by atoms with Crippen molar-refractivity contribution in [3.05, 3.63) is 34.6 Å². The second-order valence-corrected chi connectivity index (χ2v) is 8.85. The van der Waals surface area contributed by atoms with E-state index in [1.54, 1.807) is 13.8 Å². The van der Waals surface area contributed by atoms with E-state index < -0.39 is 0 Å². The SMILES string of the molecule is Cc1cc(F)cc(C)c1C(=O)NC(CNC(=O)C1(C2CC2)CC1)CC(C)C. The van der Waals surface area contributed by atoms with Crippen molar-refractivity contribution < 1.29 is 14.0 Å². The summed E-state index contributed by atoms with van der Waals surface area (Å²) in [6.07, 6.45) is 5.12. The van der Waals surface area contributed by atoms with Crippen LogP contribution in [0.5, 0.6) is 0 Å². The third kappa shape index (κ3) is 4.50. The molecule has 0 aliphatic heterocycles. The van der Waals surface area contributed by atoms with Crippen molar-refractivity contribution in [2.75, 3.05) is 6.54 Å². The molecule has 0 saturated heterocycles. The van der Waals surface area contributed by atoms with Crippen molar-refractivity contribution in [2.24, 2.45) is 17.3 Å². The van der Waals surface area contributed by atoms with Gasteiger partial charge in [0.2, 0.25) is 5.91 Å². The van der Waals surface area contributed by atoms with Crippen molar-refractivity contribution in [1.29, 1.82) is 0 Å². The maximum Gasteiger partial charge on any atom is 0.252 e. The first-order valence-electron chi connectivity index (χ1n) is 10.1. The van der Waals surface area contributed by atoms with E-state index in [1.807, 2.05) is 0 Å². The summed E-state index contributed by atoms with van der Waals surface area (Å²) in [5.41, 5.74) is 1.66. The number of amides is 2. The summed E-state index contributed by atoms with van der Waals surface area (Å²) in [6.45, 7) is 8.13. The summed E-state index contributed by atoms with van der Waals surface area (Å²) in [6, 6.07) is 2.63. The van der Waals surface area contributed by atoms with E-state index in [2.05, 4.69) is 24.5 Å². The highest BCUT2D eigenvalue weighted by atomic mass is 19.1. The van der Waals surface area contributed by atoms with Crippen molar-refractivity contribution in [3.63, 3.8) is 0 Å². The Kier molecular flexibility index (Phi) is 5.59. The van der Waals surface area contributed by atoms with Gasteiger partial charge in [0, 0.05) is 18.2 Å². The molecule has 3 rings (SSSR count). The first kappa shape index (κ1) is 19.8. The minimum atomic E-state index is -0.331. The Morgan fingerprint density at radius 1 is 1.19 bits per heavy atom. The van der Waals surface area contributed by atoms with Gasteiger partial charge in [-0.25, -0.2) is 4.39 Å². The van der Waals surface area contributed by atoms with Crippen LogP contribution in [0.15, 0.2) is 12.1 Å². The second-order valence-electron chi connectivity index (χ2n) is 8.85. The molecular formula is C22H31FN2O2. The van der Waals surface area contributed by atoms with Crippen LogP contribution < -0.4 is 10.6 Å². The highest BCUT2D eigenvalue weighted by Crippen LogP contribution is 2.61. The highest BCUT2D eigenvalue weighted by molar-refractivity contribution is 5.97. The molecule has 148 valence electrons. The van der Waals surface area contributed by atoms with E-state index >= 15 is 0 Å². The summed E-state index contributed by atoms with van der Waals surface area (Å²) >= 11 is 0. The Bertz CT molecular complexity index is 713. The summed E-state index contributed by atoms with van der Waals surface area (Å²) < 4.78 is 13.5. The maximum absolute atomic E-state index is 13.5. The molecule has 2 fully saturated rings. The van der Waals surface area contributed by atoms with Crippen molar-refractivity contribution in [1.82, 2.24) is 10.6 Å². The van der Waals surface area contributed by atoms with Crippen molar-refractivity contribution in [3.8, 4) is 0 Å². The Morgan fingerprint density at radius 2 is 1.78 bits per heavy atom. The summed E-state index contributed by atoms with van der Waals surface area (Å²) in [7, 11) is 0. The number of rotatable bonds is 8. The van der Waals surface area contributed by atoms with Gasteiger partial charge in [-0.3, -0.25) is 9.59 Å². The third-order valence-electron chi connectivity index (χ3n) is 5.92. The molecule has 1 aromatic rings. The van der Waals surface area contributed by atoms with E-state index in [9.17, 15) is 14.0 Å². The van der Waals surface area contributed by atoms with E-state index in [4.69, 9.17) is 0 Å². The zero-order valence-electron chi connectivity index (χ0n) is 16.8. The molecule has 0 heterocycles. The molecule has 2 N–H and O–H groups in total. The van der Waals surface area contributed by atoms with Crippen LogP contribution in [0.25, 0.3) is 0 Å². The summed E-state index contributed by atoms with van der Waals surface area (Å²) in [5.74, 6) is 0.582. The molecular weight excluding hydrogens is 343 g/mol. The minimum Gasteiger partial charge on any atom is -0.354 e. The molecule has 1 unspecified atom stereocenters. The highest BCUT2D eigenvalue weighted by Gasteiger charge is 2.59. The molecule has 5 heteroatoms. The van der Waals surface area contributed by atoms with Crippen LogP contribution in [0.2, 0.25) is 0 Å². The largest absolute Gasteiger partial charge is 0.354 e. The van der Waals surface area contributed by atoms with Crippen LogP contribution in [0.4, 0.5) is 4.39 Å². The molecule has 2 aliphatic carbocycles. The number of hydrogen-bond donors (Lipinski definition) is 2. The average Bonchev–Trinajstić information content (AvgIpc) is 3.43. The number of halogens is 1. The molecule has 0 bridgehead atoms. The molecule has 0 aromatic heterocycles. The van der Waals surface area contributed by atoms with Crippen LogP contribution >= 0.6 is 0 Å². The summed E-state index contributed by atoms with van der Waals surface area (Å²) in [4.78, 5) is 25.5. The second kappa shape index (κ2) is 7.61. The number of nitrogens with one attached hydrogen (secondary N) is 2. The zero-order chi connectivity index (χ0) is 19.8. The molecule has 1 aromatic carbocycles. The predicted octanol–water partition coefficient (Wildman–Crippen LogP) is 3.89. The van der Waals surface area contributed by atoms with Gasteiger partial charge in [-0.05, 0) is 81.0 Å². The topological polar surface area (TPSA) is 58.2 Å². The summed E-state index contributed by atoms with van der Waals surface area (Å²) in [5, 5.41) is 6.16. The van der Waals surface area contributed by atoms with Gasteiger partial charge in [0.15, 0.2) is 0 Å². The van der Waals surface area contributed by atoms with Crippen LogP contribution in [0.3, 0.4) is 0 Å². The van der Waals surface area contributed by atoms with Crippen LogP contribution in [-0.4, -0.2) is 24.4 Å². The van der Waals surface area contributed by atoms with Gasteiger partial charge in [0.1, 0.15) is 5.82 Å². The Morgan fingerprint density at radius 3 is 2.26 bits per heavy atom. The number of hydrogen-bond acceptors (Lipinski definition) is 2. The predicted molar refractivity (Wildman–Crippen MR) is 104 cm³/mol. The van der Waals surface area contributed by atoms with Crippen LogP contribution in [0, 0.1) is 36.9 Å². The molecule has 27 heavy (non-hydrogen) atoms. The van der Waals surface area contributed by atoms with E-state index in [1.165, 1.54) is 25.0 Å². The molecule has 2 saturated carbocycles. The smallest absolute Gasteiger partial charge is 0.252 e. The lowest BCUT2D eigenvalue weighted by molar-refractivity contribution is -0.127. The average molecular weight is 375 g/mol. The molecule has 2 aliphatic rings. The zero-order valence-corrected chi connectivity index (χ0v) is 16.8. The normalized spacial score (nSPS) is 18.9. The molecule has 2 amide bonds. The first-order chi connectivity index (χ1) is 12.7.